The minimum Gasteiger partial charge on any atom is -0.489 e. The van der Waals surface area contributed by atoms with Crippen molar-refractivity contribution in [3.63, 3.8) is 0 Å². The van der Waals surface area contributed by atoms with Gasteiger partial charge in [-0.25, -0.2) is 17.5 Å². The van der Waals surface area contributed by atoms with Crippen LogP contribution in [0.1, 0.15) is 23.0 Å². The molecule has 1 unspecified atom stereocenters. The Bertz CT molecular complexity index is 1590. The van der Waals surface area contributed by atoms with Gasteiger partial charge in [0.25, 0.3) is 5.91 Å². The number of sulfonamides is 1. The second-order valence-corrected chi connectivity index (χ2v) is 11.8. The minimum atomic E-state index is -5.08. The van der Waals surface area contributed by atoms with Gasteiger partial charge in [-0.1, -0.05) is 11.6 Å². The fourth-order valence-corrected chi connectivity index (χ4v) is 6.53. The fourth-order valence-electron chi connectivity index (χ4n) is 4.51. The van der Waals surface area contributed by atoms with Crippen molar-refractivity contribution in [3.8, 4) is 5.75 Å². The van der Waals surface area contributed by atoms with Gasteiger partial charge in [-0.3, -0.25) is 14.4 Å². The normalized spacial score (nSPS) is 20.7. The van der Waals surface area contributed by atoms with Crippen LogP contribution in [0, 0.1) is 11.7 Å². The number of aromatic nitrogens is 1. The van der Waals surface area contributed by atoms with E-state index in [1.807, 2.05) is 0 Å². The van der Waals surface area contributed by atoms with Crippen molar-refractivity contribution in [2.24, 2.45) is 13.0 Å². The highest BCUT2D eigenvalue weighted by molar-refractivity contribution is 7.89. The van der Waals surface area contributed by atoms with E-state index in [2.05, 4.69) is 10.0 Å². The van der Waals surface area contributed by atoms with Gasteiger partial charge in [0.1, 0.15) is 17.0 Å². The largest absolute Gasteiger partial charge is 0.489 e. The molecule has 1 saturated heterocycles. The molecule has 3 N–H and O–H groups in total. The van der Waals surface area contributed by atoms with Crippen LogP contribution in [0.4, 0.5) is 36.4 Å². The molecule has 3 heterocycles. The van der Waals surface area contributed by atoms with Gasteiger partial charge < -0.3 is 24.8 Å². The van der Waals surface area contributed by atoms with E-state index in [-0.39, 0.29) is 13.2 Å². The van der Waals surface area contributed by atoms with E-state index in [1.54, 1.807) is 0 Å². The number of anilines is 1. The van der Waals surface area contributed by atoms with E-state index < -0.39 is 103 Å². The summed E-state index contributed by atoms with van der Waals surface area (Å²) in [6, 6.07) is -1.76. The van der Waals surface area contributed by atoms with Gasteiger partial charge in [-0.15, -0.1) is 0 Å². The number of hydrogen-bond donors (Lipinski definition) is 3. The first-order valence-corrected chi connectivity index (χ1v) is 14.0. The number of nitrogens with zero attached hydrogens (tertiary/aromatic N) is 2. The standard InChI is InChI=1S/C23H21ClF7N5O6S/c1-9(22(26,27)28)32-20(38)21(39)36-6-10-8-42-16-15(35(2)18(24)17(16)43(40,41)34-14(10)7-36)19(37)33-11-3-4-13(25)12(5-11)23(29,30)31/h3-5,9-10,14,34H,6-8H2,1-2H3,(H,32,38)(H,33,37)/t9?,10-,14-/m0/s1. The van der Waals surface area contributed by atoms with Crippen molar-refractivity contribution >= 4 is 45.0 Å². The second kappa shape index (κ2) is 11.2. The molecule has 0 spiro atoms. The number of amides is 3. The van der Waals surface area contributed by atoms with Crippen molar-refractivity contribution < 1.29 is 58.3 Å². The predicted molar refractivity (Wildman–Crippen MR) is 133 cm³/mol. The minimum absolute atomic E-state index is 0.326. The Kier molecular flexibility index (Phi) is 8.39. The summed E-state index contributed by atoms with van der Waals surface area (Å²) in [5.74, 6) is -7.13. The third-order valence-corrected chi connectivity index (χ3v) is 8.85. The van der Waals surface area contributed by atoms with E-state index in [0.717, 1.165) is 15.5 Å². The van der Waals surface area contributed by atoms with Crippen LogP contribution in [0.25, 0.3) is 0 Å². The van der Waals surface area contributed by atoms with Crippen LogP contribution in [-0.4, -0.2) is 73.6 Å². The number of alkyl halides is 6. The molecule has 0 bridgehead atoms. The Morgan fingerprint density at radius 1 is 1.14 bits per heavy atom. The first-order chi connectivity index (χ1) is 19.7. The third kappa shape index (κ3) is 6.37. The van der Waals surface area contributed by atoms with E-state index in [1.165, 1.54) is 12.4 Å². The smallest absolute Gasteiger partial charge is 0.419 e. The second-order valence-electron chi connectivity index (χ2n) is 9.75. The molecular formula is C23H21ClF7N5O6S. The van der Waals surface area contributed by atoms with E-state index in [4.69, 9.17) is 16.3 Å². The highest BCUT2D eigenvalue weighted by atomic mass is 35.5. The number of benzene rings is 1. The molecule has 20 heteroatoms. The number of ether oxygens (including phenoxy) is 1. The number of carbonyl (C=O) groups is 3. The maximum atomic E-state index is 13.7. The van der Waals surface area contributed by atoms with Crippen LogP contribution in [0.2, 0.25) is 5.15 Å². The molecular weight excluding hydrogens is 643 g/mol. The van der Waals surface area contributed by atoms with E-state index >= 15 is 0 Å². The van der Waals surface area contributed by atoms with E-state index in [0.29, 0.717) is 19.1 Å². The van der Waals surface area contributed by atoms with Crippen LogP contribution in [0.15, 0.2) is 23.1 Å². The van der Waals surface area contributed by atoms with Crippen molar-refractivity contribution in [1.29, 1.82) is 0 Å². The van der Waals surface area contributed by atoms with Crippen molar-refractivity contribution in [2.75, 3.05) is 25.0 Å². The highest BCUT2D eigenvalue weighted by Crippen LogP contribution is 2.40. The maximum Gasteiger partial charge on any atom is 0.419 e. The molecule has 2 aliphatic rings. The average Bonchev–Trinajstić information content (AvgIpc) is 3.38. The fraction of sp³-hybridized carbons (Fsp3) is 0.435. The van der Waals surface area contributed by atoms with Crippen molar-refractivity contribution in [1.82, 2.24) is 19.5 Å². The van der Waals surface area contributed by atoms with Gasteiger partial charge in [0.2, 0.25) is 10.0 Å². The van der Waals surface area contributed by atoms with Crippen molar-refractivity contribution in [2.45, 2.75) is 36.3 Å². The molecule has 0 radical (unpaired) electrons. The number of fused-ring (bicyclic) bond motifs is 2. The van der Waals surface area contributed by atoms with Gasteiger partial charge in [0.05, 0.1) is 12.2 Å². The van der Waals surface area contributed by atoms with Crippen LogP contribution in [0.3, 0.4) is 0 Å². The molecule has 4 rings (SSSR count). The molecule has 43 heavy (non-hydrogen) atoms. The summed E-state index contributed by atoms with van der Waals surface area (Å²) in [6.07, 6.45) is -9.90. The molecule has 0 aliphatic carbocycles. The van der Waals surface area contributed by atoms with E-state index in [9.17, 15) is 53.5 Å². The summed E-state index contributed by atoms with van der Waals surface area (Å²) in [6.45, 7) is -0.503. The zero-order chi connectivity index (χ0) is 32.2. The lowest BCUT2D eigenvalue weighted by atomic mass is 10.1. The average molecular weight is 664 g/mol. The Labute approximate surface area is 243 Å². The molecule has 236 valence electrons. The SMILES string of the molecule is CC(NC(=O)C(=O)N1C[C@H]2COc3c(c(Cl)n(C)c3C(=O)Nc3ccc(F)c(C(F)(F)F)c3)S(=O)(=O)N[C@H]2C1)C(F)(F)F. The lowest BCUT2D eigenvalue weighted by molar-refractivity contribution is -0.162. The monoisotopic (exact) mass is 663 g/mol. The number of likely N-dealkylation sites (tertiary alicyclic amines) is 1. The lowest BCUT2D eigenvalue weighted by Gasteiger charge is -2.23. The molecule has 2 aliphatic heterocycles. The van der Waals surface area contributed by atoms with Crippen LogP contribution < -0.4 is 20.1 Å². The molecule has 1 fully saturated rings. The quantitative estimate of drug-likeness (QED) is 0.341. The molecule has 3 amide bonds. The van der Waals surface area contributed by atoms with Gasteiger partial charge >= 0.3 is 24.2 Å². The molecule has 3 atom stereocenters. The number of carbonyl (C=O) groups excluding carboxylic acids is 3. The lowest BCUT2D eigenvalue weighted by Crippen LogP contribution is -2.50. The number of nitrogens with one attached hydrogen (secondary N) is 3. The summed E-state index contributed by atoms with van der Waals surface area (Å²) in [5.41, 5.74) is -2.69. The molecule has 2 aromatic rings. The molecule has 11 nitrogen and oxygen atoms in total. The maximum absolute atomic E-state index is 13.7. The summed E-state index contributed by atoms with van der Waals surface area (Å²) in [4.78, 5) is 37.9. The summed E-state index contributed by atoms with van der Waals surface area (Å²) < 4.78 is 127. The Morgan fingerprint density at radius 2 is 1.79 bits per heavy atom. The van der Waals surface area contributed by atoms with Crippen LogP contribution in [0.5, 0.6) is 5.75 Å². The zero-order valence-corrected chi connectivity index (χ0v) is 23.4. The van der Waals surface area contributed by atoms with Gasteiger partial charge in [-0.05, 0) is 25.1 Å². The van der Waals surface area contributed by atoms with Crippen LogP contribution in [-0.2, 0) is 32.8 Å². The van der Waals surface area contributed by atoms with Gasteiger partial charge in [0, 0.05) is 37.8 Å². The Balaban J connectivity index is 1.59. The summed E-state index contributed by atoms with van der Waals surface area (Å²) in [5, 5.41) is 3.10. The van der Waals surface area contributed by atoms with Gasteiger partial charge in [-0.2, -0.15) is 26.3 Å². The molecule has 1 aromatic heterocycles. The van der Waals surface area contributed by atoms with Crippen LogP contribution >= 0.6 is 11.6 Å². The number of halogens is 8. The molecule has 1 aromatic carbocycles. The highest BCUT2D eigenvalue weighted by Gasteiger charge is 2.46. The molecule has 0 saturated carbocycles. The number of hydrogen-bond acceptors (Lipinski definition) is 6. The first kappa shape index (κ1) is 32.3. The number of rotatable bonds is 3. The van der Waals surface area contributed by atoms with Gasteiger partial charge in [0.15, 0.2) is 16.3 Å². The third-order valence-electron chi connectivity index (χ3n) is 6.76. The topological polar surface area (TPSA) is 139 Å². The Morgan fingerprint density at radius 3 is 2.40 bits per heavy atom. The predicted octanol–water partition coefficient (Wildman–Crippen LogP) is 2.65. The first-order valence-electron chi connectivity index (χ1n) is 12.1. The Hall–Kier alpha value is -3.58. The zero-order valence-electron chi connectivity index (χ0n) is 21.9. The summed E-state index contributed by atoms with van der Waals surface area (Å²) in [7, 11) is -3.45. The van der Waals surface area contributed by atoms with Crippen molar-refractivity contribution in [3.05, 3.63) is 40.4 Å². The summed E-state index contributed by atoms with van der Waals surface area (Å²) >= 11 is 6.22.